The monoisotopic (exact) mass is 548 g/mol. The van der Waals surface area contributed by atoms with Gasteiger partial charge in [-0.15, -0.1) is 11.8 Å². The summed E-state index contributed by atoms with van der Waals surface area (Å²) in [5.74, 6) is 0.576. The van der Waals surface area contributed by atoms with Gasteiger partial charge in [0.05, 0.1) is 13.2 Å². The van der Waals surface area contributed by atoms with E-state index in [0.29, 0.717) is 18.8 Å². The molecule has 0 saturated carbocycles. The van der Waals surface area contributed by atoms with Crippen molar-refractivity contribution in [3.8, 4) is 0 Å². The highest BCUT2D eigenvalue weighted by Gasteiger charge is 2.25. The number of aliphatic hydroxyl groups is 1. The van der Waals surface area contributed by atoms with Crippen LogP contribution < -0.4 is 5.63 Å². The number of fused-ring (bicyclic) bond motifs is 1. The molecule has 212 valence electrons. The third-order valence-corrected chi connectivity index (χ3v) is 7.94. The van der Waals surface area contributed by atoms with E-state index in [-0.39, 0.29) is 12.2 Å². The van der Waals surface area contributed by atoms with Crippen molar-refractivity contribution in [3.63, 3.8) is 0 Å². The molecule has 2 heterocycles. The second kappa shape index (κ2) is 17.7. The van der Waals surface area contributed by atoms with Gasteiger partial charge in [0.1, 0.15) is 5.58 Å². The van der Waals surface area contributed by atoms with Gasteiger partial charge in [0.25, 0.3) is 0 Å². The van der Waals surface area contributed by atoms with E-state index < -0.39 is 18.4 Å². The van der Waals surface area contributed by atoms with Crippen molar-refractivity contribution >= 4 is 28.7 Å². The Labute approximate surface area is 230 Å². The fourth-order valence-corrected chi connectivity index (χ4v) is 5.58. The summed E-state index contributed by atoms with van der Waals surface area (Å²) in [6.45, 7) is 2.55. The number of unbranched alkanes of at least 4 members (excludes halogenated alkanes) is 9. The molecule has 0 radical (unpaired) electrons. The maximum Gasteiger partial charge on any atom is 0.337 e. The molecule has 0 spiro atoms. The summed E-state index contributed by atoms with van der Waals surface area (Å²) in [4.78, 5) is 24.9. The summed E-state index contributed by atoms with van der Waals surface area (Å²) >= 11 is 1.82. The minimum Gasteiger partial charge on any atom is -0.464 e. The standard InChI is InChI=1S/C30H44O7S/c1-23-20-28(32)36-26-21-24(15-16-25(23)26)38-19-13-9-7-5-3-2-4-6-8-11-18-35-30(33)27(22-31)37-29-14-10-12-17-34-29/h15-16,20-21,27,29,31H,2-14,17-19,22H2,1H3. The lowest BCUT2D eigenvalue weighted by Crippen LogP contribution is -2.36. The Balaban J connectivity index is 1.12. The van der Waals surface area contributed by atoms with Gasteiger partial charge in [-0.1, -0.05) is 51.4 Å². The van der Waals surface area contributed by atoms with E-state index >= 15 is 0 Å². The van der Waals surface area contributed by atoms with Gasteiger partial charge in [0.15, 0.2) is 12.4 Å². The predicted molar refractivity (Wildman–Crippen MR) is 151 cm³/mol. The zero-order valence-electron chi connectivity index (χ0n) is 22.8. The van der Waals surface area contributed by atoms with Crippen LogP contribution in [0.5, 0.6) is 0 Å². The molecule has 7 nitrogen and oxygen atoms in total. The van der Waals surface area contributed by atoms with Crippen LogP contribution in [-0.2, 0) is 19.0 Å². The summed E-state index contributed by atoms with van der Waals surface area (Å²) in [5, 5.41) is 10.4. The number of aryl methyl sites for hydroxylation is 1. The summed E-state index contributed by atoms with van der Waals surface area (Å²) in [6, 6.07) is 7.66. The molecular weight excluding hydrogens is 504 g/mol. The molecule has 1 aromatic carbocycles. The van der Waals surface area contributed by atoms with Gasteiger partial charge < -0.3 is 23.7 Å². The van der Waals surface area contributed by atoms with Crippen molar-refractivity contribution in [1.29, 1.82) is 0 Å². The lowest BCUT2D eigenvalue weighted by Gasteiger charge is -2.25. The molecule has 2 aromatic rings. The van der Waals surface area contributed by atoms with Gasteiger partial charge in [-0.25, -0.2) is 9.59 Å². The van der Waals surface area contributed by atoms with Crippen LogP contribution in [0.15, 0.2) is 38.4 Å². The SMILES string of the molecule is Cc1cc(=O)oc2cc(SCCCCCCCCCCCCOC(=O)C(CO)OC3CCCCO3)ccc12. The van der Waals surface area contributed by atoms with E-state index in [1.54, 1.807) is 0 Å². The van der Waals surface area contributed by atoms with Crippen LogP contribution in [0.25, 0.3) is 11.0 Å². The molecule has 0 amide bonds. The first kappa shape index (κ1) is 30.7. The number of hydrogen-bond donors (Lipinski definition) is 1. The largest absolute Gasteiger partial charge is 0.464 e. The normalized spacial score (nSPS) is 16.5. The average Bonchev–Trinajstić information content (AvgIpc) is 2.92. The summed E-state index contributed by atoms with van der Waals surface area (Å²) in [6.07, 6.45) is 13.1. The van der Waals surface area contributed by atoms with Gasteiger partial charge in [0.2, 0.25) is 0 Å². The number of aliphatic hydroxyl groups excluding tert-OH is 1. The minimum absolute atomic E-state index is 0.290. The summed E-state index contributed by atoms with van der Waals surface area (Å²) in [7, 11) is 0. The number of thioether (sulfide) groups is 1. The molecule has 2 atom stereocenters. The molecule has 1 N–H and O–H groups in total. The van der Waals surface area contributed by atoms with E-state index in [1.165, 1.54) is 51.0 Å². The van der Waals surface area contributed by atoms with E-state index in [0.717, 1.165) is 60.1 Å². The van der Waals surface area contributed by atoms with Crippen LogP contribution in [0.1, 0.15) is 89.0 Å². The quantitative estimate of drug-likeness (QED) is 0.0971. The van der Waals surface area contributed by atoms with Crippen molar-refractivity contribution < 1.29 is 28.5 Å². The Bertz CT molecular complexity index is 1020. The van der Waals surface area contributed by atoms with Crippen LogP contribution in [0.4, 0.5) is 0 Å². The zero-order chi connectivity index (χ0) is 27.0. The first-order chi connectivity index (χ1) is 18.6. The number of hydrogen-bond acceptors (Lipinski definition) is 8. The molecule has 1 saturated heterocycles. The fourth-order valence-electron chi connectivity index (χ4n) is 4.64. The van der Waals surface area contributed by atoms with E-state index in [9.17, 15) is 14.7 Å². The topological polar surface area (TPSA) is 95.2 Å². The first-order valence-electron chi connectivity index (χ1n) is 14.3. The van der Waals surface area contributed by atoms with Gasteiger partial charge in [-0.05, 0) is 68.5 Å². The number of rotatable bonds is 18. The van der Waals surface area contributed by atoms with Crippen molar-refractivity contribution in [3.05, 3.63) is 40.2 Å². The molecule has 3 rings (SSSR count). The lowest BCUT2D eigenvalue weighted by molar-refractivity contribution is -0.208. The van der Waals surface area contributed by atoms with Gasteiger partial charge in [-0.3, -0.25) is 0 Å². The summed E-state index contributed by atoms with van der Waals surface area (Å²) < 4.78 is 21.6. The molecular formula is C30H44O7S. The molecule has 2 unspecified atom stereocenters. The average molecular weight is 549 g/mol. The lowest BCUT2D eigenvalue weighted by atomic mass is 10.1. The van der Waals surface area contributed by atoms with Crippen LogP contribution >= 0.6 is 11.8 Å². The molecule has 1 aliphatic heterocycles. The Hall–Kier alpha value is -1.87. The van der Waals surface area contributed by atoms with E-state index in [4.69, 9.17) is 18.6 Å². The molecule has 1 aromatic heterocycles. The van der Waals surface area contributed by atoms with Gasteiger partial charge >= 0.3 is 11.6 Å². The highest BCUT2D eigenvalue weighted by atomic mass is 32.2. The maximum atomic E-state index is 12.1. The summed E-state index contributed by atoms with van der Waals surface area (Å²) in [5.41, 5.74) is 1.34. The molecule has 1 aliphatic rings. The third-order valence-electron chi connectivity index (χ3n) is 6.86. The number of benzene rings is 1. The second-order valence-electron chi connectivity index (χ2n) is 10.1. The van der Waals surface area contributed by atoms with Gasteiger partial charge in [-0.2, -0.15) is 0 Å². The van der Waals surface area contributed by atoms with Crippen LogP contribution in [0.2, 0.25) is 0 Å². The Kier molecular flexibility index (Phi) is 14.3. The van der Waals surface area contributed by atoms with E-state index in [1.807, 2.05) is 30.8 Å². The Morgan fingerprint density at radius 2 is 1.74 bits per heavy atom. The first-order valence-corrected chi connectivity index (χ1v) is 15.3. The number of esters is 1. The fraction of sp³-hybridized carbons (Fsp3) is 0.667. The highest BCUT2D eigenvalue weighted by molar-refractivity contribution is 7.99. The Morgan fingerprint density at radius 1 is 1.03 bits per heavy atom. The second-order valence-corrected chi connectivity index (χ2v) is 11.2. The molecule has 0 bridgehead atoms. The molecule has 8 heteroatoms. The van der Waals surface area contributed by atoms with Crippen molar-refractivity contribution in [2.45, 2.75) is 108 Å². The maximum absolute atomic E-state index is 12.1. The van der Waals surface area contributed by atoms with Crippen LogP contribution in [0, 0.1) is 6.92 Å². The van der Waals surface area contributed by atoms with Crippen molar-refractivity contribution in [2.24, 2.45) is 0 Å². The van der Waals surface area contributed by atoms with Crippen LogP contribution in [0.3, 0.4) is 0 Å². The van der Waals surface area contributed by atoms with Crippen LogP contribution in [-0.4, -0.2) is 49.0 Å². The highest BCUT2D eigenvalue weighted by Crippen LogP contribution is 2.26. The molecule has 0 aliphatic carbocycles. The van der Waals surface area contributed by atoms with Gasteiger partial charge in [0, 0.05) is 23.0 Å². The van der Waals surface area contributed by atoms with E-state index in [2.05, 4.69) is 6.07 Å². The number of carbonyl (C=O) groups is 1. The molecule has 38 heavy (non-hydrogen) atoms. The third kappa shape index (κ3) is 11.1. The minimum atomic E-state index is -0.955. The predicted octanol–water partition coefficient (Wildman–Crippen LogP) is 6.54. The van der Waals surface area contributed by atoms with Crippen molar-refractivity contribution in [2.75, 3.05) is 25.6 Å². The number of carbonyl (C=O) groups excluding carboxylic acids is 1. The Morgan fingerprint density at radius 3 is 2.42 bits per heavy atom. The smallest absolute Gasteiger partial charge is 0.337 e. The number of ether oxygens (including phenoxy) is 3. The van der Waals surface area contributed by atoms with Crippen molar-refractivity contribution in [1.82, 2.24) is 0 Å². The molecule has 1 fully saturated rings. The zero-order valence-corrected chi connectivity index (χ0v) is 23.6.